The van der Waals surface area contributed by atoms with Crippen molar-refractivity contribution in [2.75, 3.05) is 13.1 Å². The van der Waals surface area contributed by atoms with Gasteiger partial charge in [0.2, 0.25) is 10.0 Å². The molecule has 0 saturated carbocycles. The van der Waals surface area contributed by atoms with Gasteiger partial charge in [-0.15, -0.1) is 10.6 Å². The number of hydrazine groups is 2. The number of nitrogens with two attached hydrogens (primary N) is 1. The zero-order valence-corrected chi connectivity index (χ0v) is 16.2. The molecule has 0 aromatic heterocycles. The van der Waals surface area contributed by atoms with Crippen LogP contribution in [-0.4, -0.2) is 49.6 Å². The van der Waals surface area contributed by atoms with Crippen molar-refractivity contribution < 1.29 is 17.9 Å². The average Bonchev–Trinajstić information content (AvgIpc) is 3.31. The SMILES string of the molecule is NS(=O)(=O)c1cccc(-c2ccc(CN3CC(O)C(F)C3)cc2)c1C1=NNNN1. The molecule has 2 unspecified atom stereocenters. The lowest BCUT2D eigenvalue weighted by Crippen LogP contribution is -2.36. The Balaban J connectivity index is 1.66. The highest BCUT2D eigenvalue weighted by Gasteiger charge is 2.31. The summed E-state index contributed by atoms with van der Waals surface area (Å²) in [6.45, 7) is 1.02. The molecule has 0 spiro atoms. The maximum absolute atomic E-state index is 13.5. The highest BCUT2D eigenvalue weighted by molar-refractivity contribution is 7.89. The van der Waals surface area contributed by atoms with Crippen LogP contribution < -0.4 is 21.6 Å². The smallest absolute Gasteiger partial charge is 0.238 e. The Morgan fingerprint density at radius 2 is 1.97 bits per heavy atom. The number of aliphatic hydroxyl groups excluding tert-OH is 1. The normalized spacial score (nSPS) is 22.2. The Hall–Kier alpha value is -2.57. The number of alkyl halides is 1. The molecule has 4 rings (SSSR count). The molecule has 0 amide bonds. The van der Waals surface area contributed by atoms with Gasteiger partial charge >= 0.3 is 0 Å². The van der Waals surface area contributed by atoms with E-state index in [2.05, 4.69) is 21.6 Å². The van der Waals surface area contributed by atoms with Gasteiger partial charge in [0.1, 0.15) is 6.17 Å². The number of nitrogens with zero attached hydrogens (tertiary/aromatic N) is 2. The van der Waals surface area contributed by atoms with Gasteiger partial charge < -0.3 is 5.11 Å². The Morgan fingerprint density at radius 1 is 1.21 bits per heavy atom. The minimum Gasteiger partial charge on any atom is -0.389 e. The van der Waals surface area contributed by atoms with E-state index in [0.717, 1.165) is 11.1 Å². The predicted octanol–water partition coefficient (Wildman–Crippen LogP) is -0.210. The van der Waals surface area contributed by atoms with Crippen LogP contribution in [0.1, 0.15) is 11.1 Å². The van der Waals surface area contributed by atoms with Crippen molar-refractivity contribution in [3.05, 3.63) is 53.6 Å². The van der Waals surface area contributed by atoms with E-state index >= 15 is 0 Å². The van der Waals surface area contributed by atoms with Gasteiger partial charge in [0.25, 0.3) is 0 Å². The van der Waals surface area contributed by atoms with Crippen LogP contribution in [0.4, 0.5) is 4.39 Å². The van der Waals surface area contributed by atoms with Crippen LogP contribution in [-0.2, 0) is 16.6 Å². The molecule has 2 heterocycles. The maximum atomic E-state index is 13.5. The molecule has 2 aromatic rings. The van der Waals surface area contributed by atoms with Crippen molar-refractivity contribution in [1.82, 2.24) is 21.4 Å². The van der Waals surface area contributed by atoms with Gasteiger partial charge in [0.15, 0.2) is 5.84 Å². The number of hydrogen-bond donors (Lipinski definition) is 5. The molecule has 2 aliphatic rings. The first-order valence-electron chi connectivity index (χ1n) is 8.96. The third-order valence-electron chi connectivity index (χ3n) is 4.94. The van der Waals surface area contributed by atoms with Crippen molar-refractivity contribution >= 4 is 15.9 Å². The quantitative estimate of drug-likeness (QED) is 0.452. The first-order chi connectivity index (χ1) is 13.8. The number of benzene rings is 2. The molecule has 11 heteroatoms. The lowest BCUT2D eigenvalue weighted by atomic mass is 9.98. The zero-order valence-electron chi connectivity index (χ0n) is 15.3. The third kappa shape index (κ3) is 4.09. The van der Waals surface area contributed by atoms with Gasteiger partial charge in [0.05, 0.1) is 11.0 Å². The molecular formula is C18H21FN6O3S. The summed E-state index contributed by atoms with van der Waals surface area (Å²) in [5.41, 5.74) is 10.6. The fourth-order valence-corrected chi connectivity index (χ4v) is 4.33. The fraction of sp³-hybridized carbons (Fsp3) is 0.278. The second-order valence-electron chi connectivity index (χ2n) is 7.02. The van der Waals surface area contributed by atoms with Gasteiger partial charge in [-0.3, -0.25) is 10.3 Å². The molecule has 0 aliphatic carbocycles. The Morgan fingerprint density at radius 3 is 2.55 bits per heavy atom. The van der Waals surface area contributed by atoms with Gasteiger partial charge in [-0.25, -0.2) is 23.5 Å². The molecule has 0 bridgehead atoms. The molecule has 1 saturated heterocycles. The number of likely N-dealkylation sites (tertiary alicyclic amines) is 1. The van der Waals surface area contributed by atoms with Crippen molar-refractivity contribution in [3.8, 4) is 11.1 Å². The number of hydrogen-bond acceptors (Lipinski definition) is 8. The lowest BCUT2D eigenvalue weighted by Gasteiger charge is -2.16. The van der Waals surface area contributed by atoms with E-state index in [1.54, 1.807) is 12.1 Å². The molecule has 1 fully saturated rings. The van der Waals surface area contributed by atoms with Crippen molar-refractivity contribution in [3.63, 3.8) is 0 Å². The number of nitrogens with one attached hydrogen (secondary N) is 3. The Labute approximate surface area is 167 Å². The zero-order chi connectivity index (χ0) is 20.6. The molecule has 29 heavy (non-hydrogen) atoms. The number of sulfonamides is 1. The van der Waals surface area contributed by atoms with Crippen molar-refractivity contribution in [2.45, 2.75) is 23.7 Å². The van der Waals surface area contributed by atoms with Gasteiger partial charge in [-0.05, 0) is 22.8 Å². The van der Waals surface area contributed by atoms with Crippen LogP contribution >= 0.6 is 0 Å². The van der Waals surface area contributed by atoms with Crippen LogP contribution in [0.25, 0.3) is 11.1 Å². The Kier molecular flexibility index (Phi) is 5.23. The summed E-state index contributed by atoms with van der Waals surface area (Å²) in [6, 6.07) is 12.3. The number of rotatable bonds is 5. The lowest BCUT2D eigenvalue weighted by molar-refractivity contribution is 0.115. The van der Waals surface area contributed by atoms with E-state index in [-0.39, 0.29) is 11.4 Å². The van der Waals surface area contributed by atoms with Crippen molar-refractivity contribution in [1.29, 1.82) is 0 Å². The van der Waals surface area contributed by atoms with Crippen LogP contribution in [0, 0.1) is 0 Å². The largest absolute Gasteiger partial charge is 0.389 e. The molecule has 154 valence electrons. The van der Waals surface area contributed by atoms with Gasteiger partial charge in [-0.2, -0.15) is 0 Å². The van der Waals surface area contributed by atoms with Crippen LogP contribution in [0.2, 0.25) is 0 Å². The highest BCUT2D eigenvalue weighted by Crippen LogP contribution is 2.29. The second-order valence-corrected chi connectivity index (χ2v) is 8.55. The van der Waals surface area contributed by atoms with Gasteiger partial charge in [0, 0.05) is 25.2 Å². The number of primary sulfonamides is 1. The van der Waals surface area contributed by atoms with E-state index in [4.69, 9.17) is 5.14 Å². The molecule has 9 nitrogen and oxygen atoms in total. The maximum Gasteiger partial charge on any atom is 0.238 e. The predicted molar refractivity (Wildman–Crippen MR) is 105 cm³/mol. The minimum atomic E-state index is -3.98. The molecule has 2 atom stereocenters. The number of hydrazone groups is 1. The molecule has 2 aromatic carbocycles. The second kappa shape index (κ2) is 7.69. The summed E-state index contributed by atoms with van der Waals surface area (Å²) in [5.74, 6) is 0.300. The molecule has 6 N–H and O–H groups in total. The summed E-state index contributed by atoms with van der Waals surface area (Å²) in [4.78, 5) is 1.81. The van der Waals surface area contributed by atoms with Crippen LogP contribution in [0.5, 0.6) is 0 Å². The Bertz CT molecular complexity index is 1030. The summed E-state index contributed by atoms with van der Waals surface area (Å²) in [7, 11) is -3.98. The van der Waals surface area contributed by atoms with Crippen LogP contribution in [0.15, 0.2) is 52.5 Å². The summed E-state index contributed by atoms with van der Waals surface area (Å²) in [5, 5.41) is 19.0. The van der Waals surface area contributed by atoms with Crippen molar-refractivity contribution in [2.24, 2.45) is 10.2 Å². The topological polar surface area (TPSA) is 132 Å². The van der Waals surface area contributed by atoms with E-state index < -0.39 is 22.3 Å². The standard InChI is InChI=1S/C18H21FN6O3S/c19-14-9-25(10-15(14)26)8-11-4-6-12(7-5-11)13-2-1-3-16(29(20,27)28)17(13)18-21-23-24-22-18/h1-7,14-15,23-24,26H,8-10H2,(H,21,22)(H2,20,27,28). The molecular weight excluding hydrogens is 399 g/mol. The summed E-state index contributed by atoms with van der Waals surface area (Å²) in [6.07, 6.45) is -2.17. The molecule has 2 aliphatic heterocycles. The number of halogens is 1. The minimum absolute atomic E-state index is 0.0455. The summed E-state index contributed by atoms with van der Waals surface area (Å²) >= 11 is 0. The monoisotopic (exact) mass is 420 g/mol. The average molecular weight is 420 g/mol. The van der Waals surface area contributed by atoms with Gasteiger partial charge in [-0.1, -0.05) is 36.4 Å². The van der Waals surface area contributed by atoms with E-state index in [1.165, 1.54) is 6.07 Å². The third-order valence-corrected chi connectivity index (χ3v) is 5.89. The summed E-state index contributed by atoms with van der Waals surface area (Å²) < 4.78 is 37.7. The first kappa shape index (κ1) is 19.7. The molecule has 0 radical (unpaired) electrons. The highest BCUT2D eigenvalue weighted by atomic mass is 32.2. The fourth-order valence-electron chi connectivity index (χ4n) is 3.57. The van der Waals surface area contributed by atoms with E-state index in [9.17, 15) is 17.9 Å². The first-order valence-corrected chi connectivity index (χ1v) is 10.5. The number of aliphatic hydroxyl groups is 1. The number of β-amino-alcohol motifs (C(OH)–C–C–N with tert-alkyl or cyclic N) is 1. The van der Waals surface area contributed by atoms with E-state index in [0.29, 0.717) is 30.1 Å². The van der Waals surface area contributed by atoms with Crippen LogP contribution in [0.3, 0.4) is 0 Å². The van der Waals surface area contributed by atoms with E-state index in [1.807, 2.05) is 29.2 Å². The number of amidine groups is 1.